The van der Waals surface area contributed by atoms with Crippen LogP contribution in [-0.2, 0) is 0 Å². The molecule has 2 heterocycles. The van der Waals surface area contributed by atoms with Crippen molar-refractivity contribution in [1.82, 2.24) is 9.97 Å². The van der Waals surface area contributed by atoms with Gasteiger partial charge in [-0.15, -0.1) is 11.3 Å². The Labute approximate surface area is 133 Å². The summed E-state index contributed by atoms with van der Waals surface area (Å²) in [5.74, 6) is -3.13. The van der Waals surface area contributed by atoms with E-state index in [9.17, 15) is 13.2 Å². The van der Waals surface area contributed by atoms with E-state index in [1.807, 2.05) is 32.0 Å². The third kappa shape index (κ3) is 2.05. The Bertz CT molecular complexity index is 1080. The topological polar surface area (TPSA) is 28.7 Å². The summed E-state index contributed by atoms with van der Waals surface area (Å²) in [6, 6.07) is 6.47. The molecule has 4 rings (SSSR count). The Hall–Kier alpha value is -2.34. The largest absolute Gasteiger partial charge is 0.358 e. The minimum Gasteiger partial charge on any atom is -0.358 e. The first-order valence-corrected chi connectivity index (χ1v) is 7.80. The predicted molar refractivity (Wildman–Crippen MR) is 86.3 cm³/mol. The maximum Gasteiger partial charge on any atom is 0.186 e. The first-order chi connectivity index (χ1) is 11.0. The number of nitrogens with zero attached hydrogens (tertiary/aromatic N) is 1. The van der Waals surface area contributed by atoms with Crippen molar-refractivity contribution in [3.05, 3.63) is 53.0 Å². The van der Waals surface area contributed by atoms with Crippen LogP contribution in [-0.4, -0.2) is 9.97 Å². The van der Waals surface area contributed by atoms with Crippen LogP contribution in [0.5, 0.6) is 0 Å². The number of hydrogen-bond donors (Lipinski definition) is 1. The highest BCUT2D eigenvalue weighted by Gasteiger charge is 2.20. The number of fused-ring (bicyclic) bond motifs is 2. The SMILES string of the molecule is Cc1ccc2c(-c3nc4c(F)c(F)cc(F)c4s3)c(C)[nH]c2c1. The molecular weight excluding hydrogens is 321 g/mol. The maximum atomic E-state index is 13.9. The zero-order valence-corrected chi connectivity index (χ0v) is 13.1. The van der Waals surface area contributed by atoms with Crippen molar-refractivity contribution in [1.29, 1.82) is 0 Å². The molecule has 0 fully saturated rings. The summed E-state index contributed by atoms with van der Waals surface area (Å²) < 4.78 is 41.2. The van der Waals surface area contributed by atoms with Crippen LogP contribution in [0, 0.1) is 31.3 Å². The van der Waals surface area contributed by atoms with E-state index in [0.29, 0.717) is 11.1 Å². The molecule has 2 nitrogen and oxygen atoms in total. The normalized spacial score (nSPS) is 11.7. The molecule has 0 saturated heterocycles. The van der Waals surface area contributed by atoms with Gasteiger partial charge in [0.15, 0.2) is 11.6 Å². The van der Waals surface area contributed by atoms with E-state index in [1.54, 1.807) is 0 Å². The van der Waals surface area contributed by atoms with Gasteiger partial charge in [-0.05, 0) is 25.5 Å². The molecule has 0 aliphatic heterocycles. The maximum absolute atomic E-state index is 13.9. The summed E-state index contributed by atoms with van der Waals surface area (Å²) in [4.78, 5) is 7.41. The molecule has 0 unspecified atom stereocenters. The number of hydrogen-bond acceptors (Lipinski definition) is 2. The minimum absolute atomic E-state index is 0.0276. The van der Waals surface area contributed by atoms with Gasteiger partial charge in [-0.25, -0.2) is 18.2 Å². The van der Waals surface area contributed by atoms with Gasteiger partial charge in [0.25, 0.3) is 0 Å². The van der Waals surface area contributed by atoms with E-state index in [4.69, 9.17) is 0 Å². The molecule has 4 aromatic rings. The van der Waals surface area contributed by atoms with Crippen molar-refractivity contribution in [3.63, 3.8) is 0 Å². The van der Waals surface area contributed by atoms with Crippen molar-refractivity contribution >= 4 is 32.5 Å². The smallest absolute Gasteiger partial charge is 0.186 e. The van der Waals surface area contributed by atoms with E-state index in [1.165, 1.54) is 0 Å². The standard InChI is InChI=1S/C17H11F3N2S/c1-7-3-4-9-12(5-7)21-8(2)13(9)17-22-15-14(20)10(18)6-11(19)16(15)23-17/h3-6,21H,1-2H3. The van der Waals surface area contributed by atoms with Gasteiger partial charge in [-0.2, -0.15) is 0 Å². The van der Waals surface area contributed by atoms with Crippen molar-refractivity contribution in [3.8, 4) is 10.6 Å². The Morgan fingerprint density at radius 3 is 2.61 bits per heavy atom. The van der Waals surface area contributed by atoms with Crippen LogP contribution >= 0.6 is 11.3 Å². The number of nitrogens with one attached hydrogen (secondary N) is 1. The summed E-state index contributed by atoms with van der Waals surface area (Å²) >= 11 is 1.02. The molecule has 0 amide bonds. The van der Waals surface area contributed by atoms with E-state index in [0.717, 1.165) is 39.1 Å². The van der Waals surface area contributed by atoms with Gasteiger partial charge in [0.05, 0.1) is 4.70 Å². The average molecular weight is 332 g/mol. The second-order valence-corrected chi connectivity index (χ2v) is 6.52. The minimum atomic E-state index is -1.22. The second kappa shape index (κ2) is 4.83. The van der Waals surface area contributed by atoms with Crippen molar-refractivity contribution in [2.45, 2.75) is 13.8 Å². The number of aromatic nitrogens is 2. The Kier molecular flexibility index (Phi) is 2.99. The van der Waals surface area contributed by atoms with Crippen molar-refractivity contribution < 1.29 is 13.2 Å². The highest BCUT2D eigenvalue weighted by Crippen LogP contribution is 2.39. The van der Waals surface area contributed by atoms with Crippen LogP contribution in [0.25, 0.3) is 31.7 Å². The number of H-pyrrole nitrogens is 1. The van der Waals surface area contributed by atoms with Gasteiger partial charge in [-0.1, -0.05) is 12.1 Å². The average Bonchev–Trinajstić information content (AvgIpc) is 3.05. The number of thiazole rings is 1. The molecule has 0 radical (unpaired) electrons. The summed E-state index contributed by atoms with van der Waals surface area (Å²) in [5, 5.41) is 1.39. The van der Waals surface area contributed by atoms with E-state index in [2.05, 4.69) is 9.97 Å². The fraction of sp³-hybridized carbons (Fsp3) is 0.118. The molecular formula is C17H11F3N2S. The molecule has 0 atom stereocenters. The van der Waals surface area contributed by atoms with Crippen LogP contribution in [0.1, 0.15) is 11.3 Å². The summed E-state index contributed by atoms with van der Waals surface area (Å²) in [7, 11) is 0. The van der Waals surface area contributed by atoms with Gasteiger partial charge in [-0.3, -0.25) is 0 Å². The zero-order chi connectivity index (χ0) is 16.3. The van der Waals surface area contributed by atoms with Crippen molar-refractivity contribution in [2.24, 2.45) is 0 Å². The third-order valence-electron chi connectivity index (χ3n) is 3.87. The van der Waals surface area contributed by atoms with Crippen LogP contribution in [0.2, 0.25) is 0 Å². The van der Waals surface area contributed by atoms with Gasteiger partial charge >= 0.3 is 0 Å². The van der Waals surface area contributed by atoms with Crippen LogP contribution in [0.15, 0.2) is 24.3 Å². The van der Waals surface area contributed by atoms with Gasteiger partial charge in [0.1, 0.15) is 16.3 Å². The van der Waals surface area contributed by atoms with Crippen LogP contribution < -0.4 is 0 Å². The molecule has 2 aromatic heterocycles. The Balaban J connectivity index is 2.05. The quantitative estimate of drug-likeness (QED) is 0.459. The molecule has 0 bridgehead atoms. The first-order valence-electron chi connectivity index (χ1n) is 6.99. The molecule has 116 valence electrons. The molecule has 0 saturated carbocycles. The molecule has 6 heteroatoms. The molecule has 23 heavy (non-hydrogen) atoms. The van der Waals surface area contributed by atoms with Crippen LogP contribution in [0.4, 0.5) is 13.2 Å². The summed E-state index contributed by atoms with van der Waals surface area (Å²) in [6.45, 7) is 3.87. The monoisotopic (exact) mass is 332 g/mol. The number of rotatable bonds is 1. The number of aryl methyl sites for hydroxylation is 2. The zero-order valence-electron chi connectivity index (χ0n) is 12.3. The molecule has 2 aromatic carbocycles. The van der Waals surface area contributed by atoms with Gasteiger partial charge in [0, 0.05) is 28.2 Å². The fourth-order valence-electron chi connectivity index (χ4n) is 2.81. The van der Waals surface area contributed by atoms with Crippen LogP contribution in [0.3, 0.4) is 0 Å². The van der Waals surface area contributed by atoms with Gasteiger partial charge in [0.2, 0.25) is 0 Å². The fourth-order valence-corrected chi connectivity index (χ4v) is 3.90. The Morgan fingerprint density at radius 1 is 1.04 bits per heavy atom. The third-order valence-corrected chi connectivity index (χ3v) is 4.95. The lowest BCUT2D eigenvalue weighted by molar-refractivity contribution is 0.505. The molecule has 0 spiro atoms. The number of halogens is 3. The lowest BCUT2D eigenvalue weighted by Crippen LogP contribution is -1.88. The number of benzene rings is 2. The molecule has 0 aliphatic carbocycles. The first kappa shape index (κ1) is 14.3. The van der Waals surface area contributed by atoms with E-state index < -0.39 is 17.5 Å². The number of aromatic amines is 1. The highest BCUT2D eigenvalue weighted by molar-refractivity contribution is 7.21. The van der Waals surface area contributed by atoms with E-state index >= 15 is 0 Å². The van der Waals surface area contributed by atoms with Gasteiger partial charge < -0.3 is 4.98 Å². The van der Waals surface area contributed by atoms with Crippen molar-refractivity contribution in [2.75, 3.05) is 0 Å². The summed E-state index contributed by atoms with van der Waals surface area (Å²) in [6.07, 6.45) is 0. The Morgan fingerprint density at radius 2 is 1.83 bits per heavy atom. The molecule has 0 aliphatic rings. The summed E-state index contributed by atoms with van der Waals surface area (Å²) in [5.41, 5.74) is 3.42. The van der Waals surface area contributed by atoms with E-state index in [-0.39, 0.29) is 10.2 Å². The lowest BCUT2D eigenvalue weighted by Gasteiger charge is -1.96. The lowest BCUT2D eigenvalue weighted by atomic mass is 10.1. The molecule has 1 N–H and O–H groups in total. The highest BCUT2D eigenvalue weighted by atomic mass is 32.1. The predicted octanol–water partition coefficient (Wildman–Crippen LogP) is 5.48. The second-order valence-electron chi connectivity index (χ2n) is 5.52.